The Bertz CT molecular complexity index is 963. The molecule has 3 rings (SSSR count). The number of hydrogen-bond donors (Lipinski definition) is 0. The van der Waals surface area contributed by atoms with E-state index in [1.54, 1.807) is 0 Å². The van der Waals surface area contributed by atoms with Gasteiger partial charge in [0.25, 0.3) is 0 Å². The predicted octanol–water partition coefficient (Wildman–Crippen LogP) is 7.06. The third-order valence-electron chi connectivity index (χ3n) is 4.64. The summed E-state index contributed by atoms with van der Waals surface area (Å²) in [5.74, 6) is 2.03. The fourth-order valence-corrected chi connectivity index (χ4v) is 3.65. The van der Waals surface area contributed by atoms with Crippen LogP contribution < -0.4 is 0 Å². The van der Waals surface area contributed by atoms with Gasteiger partial charge in [-0.2, -0.15) is 0 Å². The highest BCUT2D eigenvalue weighted by molar-refractivity contribution is 6.33. The summed E-state index contributed by atoms with van der Waals surface area (Å²) in [5.41, 5.74) is 3.26. The lowest BCUT2D eigenvalue weighted by Crippen LogP contribution is -2.04. The predicted molar refractivity (Wildman–Crippen MR) is 114 cm³/mol. The first-order valence-corrected chi connectivity index (χ1v) is 10.3. The monoisotopic (exact) mass is 415 g/mol. The van der Waals surface area contributed by atoms with Crippen LogP contribution in [-0.4, -0.2) is 10.8 Å². The van der Waals surface area contributed by atoms with Gasteiger partial charge in [-0.1, -0.05) is 61.8 Å². The van der Waals surface area contributed by atoms with Crippen LogP contribution in [-0.2, 0) is 12.3 Å². The number of carbonyl (C=O) groups excluding carboxylic acids is 1. The molecule has 1 aromatic heterocycles. The van der Waals surface area contributed by atoms with Crippen molar-refractivity contribution in [2.45, 2.75) is 44.9 Å². The van der Waals surface area contributed by atoms with Gasteiger partial charge in [0.2, 0.25) is 5.89 Å². The molecule has 0 atom stereocenters. The number of carbonyl (C=O) groups is 1. The number of aromatic nitrogens is 1. The van der Waals surface area contributed by atoms with Gasteiger partial charge in [0.1, 0.15) is 5.76 Å². The summed E-state index contributed by atoms with van der Waals surface area (Å²) < 4.78 is 6.02. The van der Waals surface area contributed by atoms with Gasteiger partial charge in [0.15, 0.2) is 5.78 Å². The molecule has 0 radical (unpaired) electrons. The topological polar surface area (TPSA) is 43.1 Å². The van der Waals surface area contributed by atoms with Crippen molar-refractivity contribution in [2.24, 2.45) is 0 Å². The zero-order chi connectivity index (χ0) is 20.1. The van der Waals surface area contributed by atoms with E-state index in [4.69, 9.17) is 27.6 Å². The van der Waals surface area contributed by atoms with E-state index in [0.717, 1.165) is 22.6 Å². The highest BCUT2D eigenvalue weighted by Crippen LogP contribution is 2.32. The van der Waals surface area contributed by atoms with E-state index in [0.29, 0.717) is 41.6 Å². The minimum atomic E-state index is 0.108. The van der Waals surface area contributed by atoms with Gasteiger partial charge < -0.3 is 4.42 Å². The number of halogens is 2. The van der Waals surface area contributed by atoms with Crippen LogP contribution >= 0.6 is 23.2 Å². The van der Waals surface area contributed by atoms with Crippen molar-refractivity contribution in [3.63, 3.8) is 0 Å². The molecule has 1 heterocycles. The van der Waals surface area contributed by atoms with Crippen molar-refractivity contribution in [1.29, 1.82) is 0 Å². The fraction of sp³-hybridized carbons (Fsp3) is 0.304. The molecule has 0 aliphatic carbocycles. The number of alkyl halides is 1. The van der Waals surface area contributed by atoms with Crippen LogP contribution in [0.15, 0.2) is 52.9 Å². The number of Topliss-reactive ketones (excluding diaryl/α,β-unsaturated/α-hetero) is 1. The molecule has 0 spiro atoms. The van der Waals surface area contributed by atoms with E-state index in [1.165, 1.54) is 0 Å². The summed E-state index contributed by atoms with van der Waals surface area (Å²) in [6.45, 7) is 4.14. The largest absolute Gasteiger partial charge is 0.441 e. The highest BCUT2D eigenvalue weighted by atomic mass is 35.5. The fourth-order valence-electron chi connectivity index (χ4n) is 3.20. The Morgan fingerprint density at radius 3 is 2.54 bits per heavy atom. The average molecular weight is 416 g/mol. The molecule has 0 saturated carbocycles. The Balaban J connectivity index is 1.74. The molecule has 0 amide bonds. The number of oxazole rings is 1. The Morgan fingerprint density at radius 1 is 1.11 bits per heavy atom. The normalized spacial score (nSPS) is 11.2. The van der Waals surface area contributed by atoms with Gasteiger partial charge in [-0.15, -0.1) is 11.6 Å². The lowest BCUT2D eigenvalue weighted by Gasteiger charge is -2.06. The average Bonchev–Trinajstić information content (AvgIpc) is 3.12. The molecule has 0 N–H and O–H groups in total. The maximum Gasteiger partial charge on any atom is 0.228 e. The molecule has 3 nitrogen and oxygen atoms in total. The molecule has 0 aliphatic heterocycles. The second-order valence-electron chi connectivity index (χ2n) is 7.03. The molecule has 2 aromatic carbocycles. The third-order valence-corrected chi connectivity index (χ3v) is 5.25. The van der Waals surface area contributed by atoms with Crippen molar-refractivity contribution in [1.82, 2.24) is 4.98 Å². The summed E-state index contributed by atoms with van der Waals surface area (Å²) in [6.07, 6.45) is 1.82. The standard InChI is InChI=1S/C23H23Cl2NO2/c1-15(2)22-20(26-23(28-22)18-10-5-6-11-19(18)25)12-7-13-21(27)17-9-4-3-8-16(17)14-24/h3-6,8-11,15H,7,12-14H2,1-2H3. The molecular weight excluding hydrogens is 393 g/mol. The molecule has 0 unspecified atom stereocenters. The van der Waals surface area contributed by atoms with E-state index in [2.05, 4.69) is 18.8 Å². The number of ketones is 1. The van der Waals surface area contributed by atoms with Gasteiger partial charge in [-0.25, -0.2) is 4.98 Å². The molecule has 5 heteroatoms. The Labute approximate surface area is 175 Å². The molecule has 0 bridgehead atoms. The third kappa shape index (κ3) is 4.65. The van der Waals surface area contributed by atoms with Crippen LogP contribution in [0.2, 0.25) is 5.02 Å². The summed E-state index contributed by atoms with van der Waals surface area (Å²) in [5, 5.41) is 0.610. The maximum absolute atomic E-state index is 12.6. The molecule has 0 saturated heterocycles. The van der Waals surface area contributed by atoms with Crippen LogP contribution in [0.4, 0.5) is 0 Å². The Hall–Kier alpha value is -2.10. The zero-order valence-electron chi connectivity index (χ0n) is 16.0. The molecule has 0 aliphatic rings. The van der Waals surface area contributed by atoms with Crippen molar-refractivity contribution in [3.8, 4) is 11.5 Å². The first-order valence-electron chi connectivity index (χ1n) is 9.42. The van der Waals surface area contributed by atoms with Crippen LogP contribution in [0, 0.1) is 0 Å². The summed E-state index contributed by atoms with van der Waals surface area (Å²) >= 11 is 12.2. The van der Waals surface area contributed by atoms with Crippen LogP contribution in [0.25, 0.3) is 11.5 Å². The maximum atomic E-state index is 12.6. The number of benzene rings is 2. The number of nitrogens with zero attached hydrogens (tertiary/aromatic N) is 1. The summed E-state index contributed by atoms with van der Waals surface area (Å²) in [6, 6.07) is 15.0. The van der Waals surface area contributed by atoms with Crippen LogP contribution in [0.5, 0.6) is 0 Å². The Kier molecular flexibility index (Phi) is 6.93. The van der Waals surface area contributed by atoms with E-state index in [9.17, 15) is 4.79 Å². The lowest BCUT2D eigenvalue weighted by atomic mass is 9.99. The smallest absolute Gasteiger partial charge is 0.228 e. The quantitative estimate of drug-likeness (QED) is 0.292. The van der Waals surface area contributed by atoms with Gasteiger partial charge in [0, 0.05) is 23.8 Å². The van der Waals surface area contributed by atoms with E-state index in [-0.39, 0.29) is 11.7 Å². The zero-order valence-corrected chi connectivity index (χ0v) is 17.6. The summed E-state index contributed by atoms with van der Waals surface area (Å²) in [4.78, 5) is 17.3. The first-order chi connectivity index (χ1) is 13.5. The summed E-state index contributed by atoms with van der Waals surface area (Å²) in [7, 11) is 0. The van der Waals surface area contributed by atoms with Gasteiger partial charge in [-0.3, -0.25) is 4.79 Å². The molecule has 146 valence electrons. The number of aryl methyl sites for hydroxylation is 1. The minimum Gasteiger partial charge on any atom is -0.441 e. The van der Waals surface area contributed by atoms with E-state index >= 15 is 0 Å². The van der Waals surface area contributed by atoms with Crippen molar-refractivity contribution < 1.29 is 9.21 Å². The first kappa shape index (κ1) is 20.6. The van der Waals surface area contributed by atoms with E-state index < -0.39 is 0 Å². The van der Waals surface area contributed by atoms with Crippen molar-refractivity contribution in [2.75, 3.05) is 0 Å². The van der Waals surface area contributed by atoms with Crippen LogP contribution in [0.1, 0.15) is 60.0 Å². The lowest BCUT2D eigenvalue weighted by molar-refractivity contribution is 0.0979. The Morgan fingerprint density at radius 2 is 1.82 bits per heavy atom. The molecular formula is C23H23Cl2NO2. The second-order valence-corrected chi connectivity index (χ2v) is 7.71. The SMILES string of the molecule is CC(C)c1oc(-c2ccccc2Cl)nc1CCCC(=O)c1ccccc1CCl. The van der Waals surface area contributed by atoms with Crippen LogP contribution in [0.3, 0.4) is 0 Å². The van der Waals surface area contributed by atoms with E-state index in [1.807, 2.05) is 48.5 Å². The second kappa shape index (κ2) is 9.40. The molecule has 3 aromatic rings. The molecule has 0 fully saturated rings. The number of hydrogen-bond acceptors (Lipinski definition) is 3. The van der Waals surface area contributed by atoms with Gasteiger partial charge >= 0.3 is 0 Å². The minimum absolute atomic E-state index is 0.108. The molecule has 28 heavy (non-hydrogen) atoms. The highest BCUT2D eigenvalue weighted by Gasteiger charge is 2.19. The van der Waals surface area contributed by atoms with Gasteiger partial charge in [0.05, 0.1) is 16.3 Å². The number of rotatable bonds is 8. The van der Waals surface area contributed by atoms with Crippen molar-refractivity contribution >= 4 is 29.0 Å². The van der Waals surface area contributed by atoms with Crippen molar-refractivity contribution in [3.05, 3.63) is 76.1 Å². The van der Waals surface area contributed by atoms with Gasteiger partial charge in [-0.05, 0) is 30.5 Å².